The first kappa shape index (κ1) is 9.98. The summed E-state index contributed by atoms with van der Waals surface area (Å²) < 4.78 is 1.85. The fourth-order valence-electron chi connectivity index (χ4n) is 1.28. The van der Waals surface area contributed by atoms with Gasteiger partial charge in [0.15, 0.2) is 0 Å². The molecule has 1 aromatic heterocycles. The topological polar surface area (TPSA) is 66.5 Å². The lowest BCUT2D eigenvalue weighted by atomic mass is 9.80. The summed E-state index contributed by atoms with van der Waals surface area (Å²) in [5, 5.41) is 20.8. The van der Waals surface area contributed by atoms with Crippen LogP contribution in [0.2, 0.25) is 0 Å². The SMILES string of the molecule is Nc1csc2c(Br)cc(B(O)O)cc12. The number of nitrogens with two attached hydrogens (primary N) is 1. The van der Waals surface area contributed by atoms with E-state index < -0.39 is 7.12 Å². The minimum Gasteiger partial charge on any atom is -0.423 e. The summed E-state index contributed by atoms with van der Waals surface area (Å²) in [5.74, 6) is 0. The third-order valence-electron chi connectivity index (χ3n) is 1.98. The molecule has 6 heteroatoms. The summed E-state index contributed by atoms with van der Waals surface area (Å²) >= 11 is 4.89. The molecule has 2 rings (SSSR count). The Morgan fingerprint density at radius 1 is 1.36 bits per heavy atom. The zero-order chi connectivity index (χ0) is 10.3. The van der Waals surface area contributed by atoms with Crippen LogP contribution in [0, 0.1) is 0 Å². The molecule has 0 aliphatic heterocycles. The van der Waals surface area contributed by atoms with Gasteiger partial charge in [-0.25, -0.2) is 0 Å². The van der Waals surface area contributed by atoms with Crippen molar-refractivity contribution >= 4 is 55.6 Å². The van der Waals surface area contributed by atoms with Gasteiger partial charge in [-0.2, -0.15) is 0 Å². The first-order valence-corrected chi connectivity index (χ1v) is 5.59. The van der Waals surface area contributed by atoms with Crippen LogP contribution < -0.4 is 11.2 Å². The van der Waals surface area contributed by atoms with Gasteiger partial charge >= 0.3 is 7.12 Å². The second-order valence-corrected chi connectivity index (χ2v) is 4.68. The number of benzene rings is 1. The Bertz CT molecular complexity index is 485. The van der Waals surface area contributed by atoms with Gasteiger partial charge in [0.25, 0.3) is 0 Å². The Labute approximate surface area is 93.4 Å². The van der Waals surface area contributed by atoms with E-state index in [1.54, 1.807) is 12.1 Å². The molecule has 4 N–H and O–H groups in total. The fraction of sp³-hybridized carbons (Fsp3) is 0. The highest BCUT2D eigenvalue weighted by Gasteiger charge is 2.14. The van der Waals surface area contributed by atoms with Crippen molar-refractivity contribution in [2.75, 3.05) is 5.73 Å². The summed E-state index contributed by atoms with van der Waals surface area (Å²) in [6, 6.07) is 3.37. The molecule has 0 radical (unpaired) electrons. The van der Waals surface area contributed by atoms with Crippen LogP contribution in [0.4, 0.5) is 5.69 Å². The average molecular weight is 272 g/mol. The maximum atomic E-state index is 9.03. The second kappa shape index (κ2) is 3.54. The van der Waals surface area contributed by atoms with Crippen molar-refractivity contribution in [3.8, 4) is 0 Å². The number of fused-ring (bicyclic) bond motifs is 1. The van der Waals surface area contributed by atoms with Crippen molar-refractivity contribution < 1.29 is 10.0 Å². The number of nitrogen functional groups attached to an aromatic ring is 1. The Morgan fingerprint density at radius 2 is 2.07 bits per heavy atom. The predicted molar refractivity (Wildman–Crippen MR) is 63.8 cm³/mol. The molecule has 1 aromatic carbocycles. The zero-order valence-corrected chi connectivity index (χ0v) is 9.47. The van der Waals surface area contributed by atoms with Gasteiger partial charge in [0, 0.05) is 15.2 Å². The van der Waals surface area contributed by atoms with Gasteiger partial charge in [0.05, 0.1) is 10.4 Å². The summed E-state index contributed by atoms with van der Waals surface area (Å²) in [6.45, 7) is 0. The molecule has 0 saturated heterocycles. The molecule has 0 aliphatic rings. The lowest BCUT2D eigenvalue weighted by Crippen LogP contribution is -2.29. The van der Waals surface area contributed by atoms with Crippen LogP contribution in [0.3, 0.4) is 0 Å². The Morgan fingerprint density at radius 3 is 2.71 bits per heavy atom. The van der Waals surface area contributed by atoms with Crippen molar-refractivity contribution in [3.63, 3.8) is 0 Å². The highest BCUT2D eigenvalue weighted by molar-refractivity contribution is 9.10. The van der Waals surface area contributed by atoms with Crippen LogP contribution in [0.15, 0.2) is 22.0 Å². The number of thiophene rings is 1. The van der Waals surface area contributed by atoms with Gasteiger partial charge in [0.2, 0.25) is 0 Å². The molecule has 0 fully saturated rings. The molecule has 2 aromatic rings. The molecule has 0 aliphatic carbocycles. The quantitative estimate of drug-likeness (QED) is 0.676. The number of hydrogen-bond acceptors (Lipinski definition) is 4. The molecule has 0 spiro atoms. The van der Waals surface area contributed by atoms with Crippen molar-refractivity contribution in [1.29, 1.82) is 0 Å². The van der Waals surface area contributed by atoms with Crippen molar-refractivity contribution in [2.45, 2.75) is 0 Å². The predicted octanol–water partition coefficient (Wildman–Crippen LogP) is 0.926. The molecule has 72 valence electrons. The highest BCUT2D eigenvalue weighted by Crippen LogP contribution is 2.32. The molecule has 14 heavy (non-hydrogen) atoms. The van der Waals surface area contributed by atoms with Crippen molar-refractivity contribution in [3.05, 3.63) is 22.0 Å². The molecule has 1 heterocycles. The molecule has 0 amide bonds. The van der Waals surface area contributed by atoms with E-state index in [1.807, 2.05) is 5.38 Å². The van der Waals surface area contributed by atoms with Gasteiger partial charge in [-0.15, -0.1) is 11.3 Å². The Balaban J connectivity index is 2.75. The van der Waals surface area contributed by atoms with Gasteiger partial charge in [-0.05, 0) is 27.5 Å². The van der Waals surface area contributed by atoms with Crippen LogP contribution >= 0.6 is 27.3 Å². The third-order valence-corrected chi connectivity index (χ3v) is 3.91. The molecule has 0 saturated carbocycles. The van der Waals surface area contributed by atoms with E-state index in [2.05, 4.69) is 15.9 Å². The van der Waals surface area contributed by atoms with Crippen molar-refractivity contribution in [1.82, 2.24) is 0 Å². The molecule has 0 bridgehead atoms. The first-order valence-electron chi connectivity index (χ1n) is 3.92. The van der Waals surface area contributed by atoms with E-state index >= 15 is 0 Å². The summed E-state index contributed by atoms with van der Waals surface area (Å²) in [6.07, 6.45) is 0. The van der Waals surface area contributed by atoms with Gasteiger partial charge < -0.3 is 15.8 Å². The van der Waals surface area contributed by atoms with E-state index in [9.17, 15) is 0 Å². The molecular weight excluding hydrogens is 265 g/mol. The minimum atomic E-state index is -1.46. The number of hydrogen-bond donors (Lipinski definition) is 3. The second-order valence-electron chi connectivity index (χ2n) is 2.94. The van der Waals surface area contributed by atoms with Gasteiger partial charge in [0.1, 0.15) is 0 Å². The highest BCUT2D eigenvalue weighted by atomic mass is 79.9. The Hall–Kier alpha value is -0.555. The zero-order valence-electron chi connectivity index (χ0n) is 7.07. The van der Waals surface area contributed by atoms with E-state index in [4.69, 9.17) is 15.8 Å². The standard InChI is InChI=1S/C8H7BBrNO2S/c10-6-2-4(9(12)13)1-5-7(11)3-14-8(5)6/h1-3,12-13H,11H2. The van der Waals surface area contributed by atoms with Crippen LogP contribution in [0.1, 0.15) is 0 Å². The summed E-state index contributed by atoms with van der Waals surface area (Å²) in [4.78, 5) is 0. The van der Waals surface area contributed by atoms with Crippen LogP contribution in [0.25, 0.3) is 10.1 Å². The average Bonchev–Trinajstić information content (AvgIpc) is 2.48. The third kappa shape index (κ3) is 1.54. The fourth-order valence-corrected chi connectivity index (χ4v) is 2.89. The summed E-state index contributed by atoms with van der Waals surface area (Å²) in [5.41, 5.74) is 6.84. The minimum absolute atomic E-state index is 0.439. The first-order chi connectivity index (χ1) is 6.59. The smallest absolute Gasteiger partial charge is 0.423 e. The maximum Gasteiger partial charge on any atom is 0.488 e. The normalized spacial score (nSPS) is 10.8. The van der Waals surface area contributed by atoms with Gasteiger partial charge in [-0.3, -0.25) is 0 Å². The van der Waals surface area contributed by atoms with E-state index in [1.165, 1.54) is 11.3 Å². The lowest BCUT2D eigenvalue weighted by molar-refractivity contribution is 0.426. The number of rotatable bonds is 1. The number of anilines is 1. The van der Waals surface area contributed by atoms with E-state index in [0.29, 0.717) is 11.2 Å². The van der Waals surface area contributed by atoms with Crippen LogP contribution in [0.5, 0.6) is 0 Å². The largest absolute Gasteiger partial charge is 0.488 e. The number of halogens is 1. The van der Waals surface area contributed by atoms with Crippen molar-refractivity contribution in [2.24, 2.45) is 0 Å². The maximum absolute atomic E-state index is 9.03. The Kier molecular flexibility index (Phi) is 2.53. The summed E-state index contributed by atoms with van der Waals surface area (Å²) in [7, 11) is -1.46. The molecule has 3 nitrogen and oxygen atoms in total. The molecular formula is C8H7BBrNO2S. The van der Waals surface area contributed by atoms with E-state index in [0.717, 1.165) is 14.6 Å². The molecule has 0 unspecified atom stereocenters. The lowest BCUT2D eigenvalue weighted by Gasteiger charge is -2.02. The van der Waals surface area contributed by atoms with E-state index in [-0.39, 0.29) is 0 Å². The monoisotopic (exact) mass is 271 g/mol. The molecule has 0 atom stereocenters. The van der Waals surface area contributed by atoms with Crippen LogP contribution in [-0.4, -0.2) is 17.2 Å². The van der Waals surface area contributed by atoms with Gasteiger partial charge in [-0.1, -0.05) is 6.07 Å². The van der Waals surface area contributed by atoms with Crippen LogP contribution in [-0.2, 0) is 0 Å².